The van der Waals surface area contributed by atoms with Crippen molar-refractivity contribution in [3.63, 3.8) is 0 Å². The third kappa shape index (κ3) is 1.80. The van der Waals surface area contributed by atoms with Crippen LogP contribution in [0.25, 0.3) is 0 Å². The van der Waals surface area contributed by atoms with Gasteiger partial charge < -0.3 is 15.4 Å². The van der Waals surface area contributed by atoms with Gasteiger partial charge in [0, 0.05) is 24.6 Å². The van der Waals surface area contributed by atoms with Gasteiger partial charge in [-0.2, -0.15) is 5.10 Å². The first-order valence-electron chi connectivity index (χ1n) is 6.14. The fourth-order valence-electron chi connectivity index (χ4n) is 2.56. The molecule has 0 saturated carbocycles. The minimum atomic E-state index is 0.0645. The Morgan fingerprint density at radius 2 is 2.39 bits per heavy atom. The number of rotatable bonds is 3. The van der Waals surface area contributed by atoms with Crippen LogP contribution in [-0.4, -0.2) is 37.7 Å². The van der Waals surface area contributed by atoms with E-state index in [4.69, 9.17) is 10.5 Å². The van der Waals surface area contributed by atoms with Crippen molar-refractivity contribution >= 4 is 12.0 Å². The number of ether oxygens (including phenoxy) is 1. The summed E-state index contributed by atoms with van der Waals surface area (Å²) in [4.78, 5) is 2.09. The van der Waals surface area contributed by atoms with Crippen LogP contribution >= 0.6 is 0 Å². The highest BCUT2D eigenvalue weighted by atomic mass is 16.5. The van der Waals surface area contributed by atoms with E-state index in [9.17, 15) is 0 Å². The van der Waals surface area contributed by atoms with Crippen molar-refractivity contribution in [2.75, 3.05) is 26.0 Å². The topological polar surface area (TPSA) is 62.9 Å². The summed E-state index contributed by atoms with van der Waals surface area (Å²) in [6.45, 7) is 1.50. The highest BCUT2D eigenvalue weighted by Crippen LogP contribution is 2.38. The summed E-state index contributed by atoms with van der Waals surface area (Å²) in [6, 6.07) is 8.11. The second-order valence-electron chi connectivity index (χ2n) is 5.16. The zero-order valence-corrected chi connectivity index (χ0v) is 10.5. The quantitative estimate of drug-likeness (QED) is 0.772. The minimum Gasteiger partial charge on any atom is -0.399 e. The zero-order chi connectivity index (χ0) is 12.6. The SMILES string of the molecule is CN1C=NNC1CC1(c2cccc(N)c2)COC1. The van der Waals surface area contributed by atoms with E-state index in [2.05, 4.69) is 27.6 Å². The number of hydrogen-bond acceptors (Lipinski definition) is 5. The Morgan fingerprint density at radius 3 is 2.94 bits per heavy atom. The molecule has 5 heteroatoms. The second kappa shape index (κ2) is 4.17. The molecule has 1 fully saturated rings. The van der Waals surface area contributed by atoms with Crippen LogP contribution in [0, 0.1) is 0 Å². The molecule has 1 saturated heterocycles. The van der Waals surface area contributed by atoms with Gasteiger partial charge in [-0.05, 0) is 17.7 Å². The van der Waals surface area contributed by atoms with E-state index >= 15 is 0 Å². The van der Waals surface area contributed by atoms with Crippen molar-refractivity contribution in [3.05, 3.63) is 29.8 Å². The maximum Gasteiger partial charge on any atom is 0.117 e. The molecule has 3 N–H and O–H groups in total. The predicted molar refractivity (Wildman–Crippen MR) is 71.1 cm³/mol. The number of hydrazone groups is 1. The Hall–Kier alpha value is -1.75. The lowest BCUT2D eigenvalue weighted by Crippen LogP contribution is -2.52. The van der Waals surface area contributed by atoms with Crippen LogP contribution in [-0.2, 0) is 10.2 Å². The summed E-state index contributed by atoms with van der Waals surface area (Å²) >= 11 is 0. The van der Waals surface area contributed by atoms with Crippen molar-refractivity contribution in [3.8, 4) is 0 Å². The Labute approximate surface area is 107 Å². The van der Waals surface area contributed by atoms with Crippen LogP contribution in [0.5, 0.6) is 0 Å². The summed E-state index contributed by atoms with van der Waals surface area (Å²) in [5.74, 6) is 0. The predicted octanol–water partition coefficient (Wildman–Crippen LogP) is 0.731. The largest absolute Gasteiger partial charge is 0.399 e. The van der Waals surface area contributed by atoms with E-state index in [1.54, 1.807) is 0 Å². The maximum atomic E-state index is 5.88. The van der Waals surface area contributed by atoms with Gasteiger partial charge in [0.1, 0.15) is 12.5 Å². The van der Waals surface area contributed by atoms with Crippen molar-refractivity contribution in [1.82, 2.24) is 10.3 Å². The first-order chi connectivity index (χ1) is 8.70. The van der Waals surface area contributed by atoms with Gasteiger partial charge in [-0.1, -0.05) is 12.1 Å². The third-order valence-electron chi connectivity index (χ3n) is 3.79. The monoisotopic (exact) mass is 246 g/mol. The fourth-order valence-corrected chi connectivity index (χ4v) is 2.56. The van der Waals surface area contributed by atoms with E-state index in [1.807, 2.05) is 25.5 Å². The smallest absolute Gasteiger partial charge is 0.117 e. The number of nitrogens with two attached hydrogens (primary N) is 1. The maximum absolute atomic E-state index is 5.88. The first kappa shape index (κ1) is 11.3. The van der Waals surface area contributed by atoms with Gasteiger partial charge in [0.25, 0.3) is 0 Å². The Balaban J connectivity index is 1.82. The summed E-state index contributed by atoms with van der Waals surface area (Å²) < 4.78 is 5.45. The van der Waals surface area contributed by atoms with Crippen LogP contribution in [0.2, 0.25) is 0 Å². The number of hydrogen-bond donors (Lipinski definition) is 2. The van der Waals surface area contributed by atoms with Crippen LogP contribution < -0.4 is 11.2 Å². The molecule has 1 unspecified atom stereocenters. The second-order valence-corrected chi connectivity index (χ2v) is 5.16. The number of nitrogens with zero attached hydrogens (tertiary/aromatic N) is 2. The van der Waals surface area contributed by atoms with Crippen LogP contribution in [0.3, 0.4) is 0 Å². The molecule has 2 aliphatic heterocycles. The summed E-state index contributed by atoms with van der Waals surface area (Å²) in [5.41, 5.74) is 11.1. The molecule has 96 valence electrons. The third-order valence-corrected chi connectivity index (χ3v) is 3.79. The molecular formula is C13H18N4O. The lowest BCUT2D eigenvalue weighted by molar-refractivity contribution is -0.0725. The van der Waals surface area contributed by atoms with Crippen molar-refractivity contribution in [2.45, 2.75) is 18.0 Å². The molecule has 0 spiro atoms. The van der Waals surface area contributed by atoms with Crippen molar-refractivity contribution in [1.29, 1.82) is 0 Å². The lowest BCUT2D eigenvalue weighted by Gasteiger charge is -2.44. The Kier molecular flexibility index (Phi) is 2.63. The van der Waals surface area contributed by atoms with Crippen molar-refractivity contribution < 1.29 is 4.74 Å². The number of anilines is 1. The van der Waals surface area contributed by atoms with Crippen molar-refractivity contribution in [2.24, 2.45) is 5.10 Å². The molecule has 0 aromatic heterocycles. The molecule has 0 bridgehead atoms. The zero-order valence-electron chi connectivity index (χ0n) is 10.5. The summed E-state index contributed by atoms with van der Waals surface area (Å²) in [7, 11) is 2.03. The average Bonchev–Trinajstić information content (AvgIpc) is 2.69. The molecular weight excluding hydrogens is 228 g/mol. The fraction of sp³-hybridized carbons (Fsp3) is 0.462. The molecule has 1 aromatic carbocycles. The van der Waals surface area contributed by atoms with Gasteiger partial charge in [0.05, 0.1) is 13.2 Å². The highest BCUT2D eigenvalue weighted by Gasteiger charge is 2.43. The molecule has 1 atom stereocenters. The molecule has 0 aliphatic carbocycles. The molecule has 2 aliphatic rings. The van der Waals surface area contributed by atoms with E-state index in [1.165, 1.54) is 5.56 Å². The van der Waals surface area contributed by atoms with E-state index in [-0.39, 0.29) is 11.6 Å². The number of nitrogen functional groups attached to an aromatic ring is 1. The number of benzene rings is 1. The van der Waals surface area contributed by atoms with Gasteiger partial charge in [-0.3, -0.25) is 5.43 Å². The normalized spacial score (nSPS) is 24.7. The van der Waals surface area contributed by atoms with E-state index in [0.717, 1.165) is 25.3 Å². The Morgan fingerprint density at radius 1 is 1.56 bits per heavy atom. The molecule has 5 nitrogen and oxygen atoms in total. The van der Waals surface area contributed by atoms with E-state index in [0.29, 0.717) is 0 Å². The van der Waals surface area contributed by atoms with Crippen LogP contribution in [0.15, 0.2) is 29.4 Å². The standard InChI is InChI=1S/C13H18N4O/c1-17-9-15-16-12(17)6-13(7-18-8-13)10-3-2-4-11(14)5-10/h2-5,9,12,16H,6-8,14H2,1H3. The van der Waals surface area contributed by atoms with Crippen LogP contribution in [0.4, 0.5) is 5.69 Å². The molecule has 1 aromatic rings. The molecule has 0 amide bonds. The summed E-state index contributed by atoms with van der Waals surface area (Å²) in [6.07, 6.45) is 3.01. The van der Waals surface area contributed by atoms with E-state index < -0.39 is 0 Å². The van der Waals surface area contributed by atoms with Gasteiger partial charge in [-0.25, -0.2) is 0 Å². The number of nitrogens with one attached hydrogen (secondary N) is 1. The lowest BCUT2D eigenvalue weighted by atomic mass is 9.75. The average molecular weight is 246 g/mol. The molecule has 18 heavy (non-hydrogen) atoms. The van der Waals surface area contributed by atoms with Gasteiger partial charge in [-0.15, -0.1) is 0 Å². The minimum absolute atomic E-state index is 0.0645. The first-order valence-corrected chi connectivity index (χ1v) is 6.14. The van der Waals surface area contributed by atoms with Gasteiger partial charge in [0.15, 0.2) is 0 Å². The molecule has 3 rings (SSSR count). The van der Waals surface area contributed by atoms with Gasteiger partial charge in [0.2, 0.25) is 0 Å². The molecule has 2 heterocycles. The summed E-state index contributed by atoms with van der Waals surface area (Å²) in [5, 5.41) is 4.08. The van der Waals surface area contributed by atoms with Gasteiger partial charge >= 0.3 is 0 Å². The van der Waals surface area contributed by atoms with Crippen LogP contribution in [0.1, 0.15) is 12.0 Å². The Bertz CT molecular complexity index is 470. The highest BCUT2D eigenvalue weighted by molar-refractivity contribution is 5.56. The molecule has 0 radical (unpaired) electrons.